The van der Waals surface area contributed by atoms with Crippen molar-refractivity contribution in [1.29, 1.82) is 0 Å². The van der Waals surface area contributed by atoms with Crippen LogP contribution in [0, 0.1) is 11.3 Å². The highest BCUT2D eigenvalue weighted by Gasteiger charge is 2.59. The Morgan fingerprint density at radius 3 is 2.84 bits per heavy atom. The smallest absolute Gasteiger partial charge is 0.333 e. The van der Waals surface area contributed by atoms with E-state index in [1.54, 1.807) is 0 Å². The van der Waals surface area contributed by atoms with Crippen molar-refractivity contribution in [3.05, 3.63) is 11.6 Å². The van der Waals surface area contributed by atoms with Gasteiger partial charge in [-0.3, -0.25) is 0 Å². The van der Waals surface area contributed by atoms with Crippen LogP contribution in [-0.2, 0) is 9.53 Å². The first-order valence-corrected chi connectivity index (χ1v) is 7.61. The molecule has 0 amide bonds. The third-order valence-corrected chi connectivity index (χ3v) is 5.99. The maximum atomic E-state index is 11.6. The van der Waals surface area contributed by atoms with Crippen LogP contribution in [0.1, 0.15) is 57.8 Å². The van der Waals surface area contributed by atoms with E-state index in [4.69, 9.17) is 4.74 Å². The first-order chi connectivity index (χ1) is 9.11. The molecule has 0 aliphatic heterocycles. The molecule has 0 aromatic rings. The summed E-state index contributed by atoms with van der Waals surface area (Å²) in [6.45, 7) is 0. The Kier molecular flexibility index (Phi) is 3.20. The number of hydrogen-bond donors (Lipinski definition) is 1. The highest BCUT2D eigenvalue weighted by molar-refractivity contribution is 5.88. The molecule has 0 aromatic heterocycles. The van der Waals surface area contributed by atoms with Crippen molar-refractivity contribution in [2.45, 2.75) is 63.4 Å². The third-order valence-electron chi connectivity index (χ3n) is 5.99. The molecule has 1 spiro atoms. The van der Waals surface area contributed by atoms with Gasteiger partial charge in [-0.25, -0.2) is 4.79 Å². The average Bonchev–Trinajstić information content (AvgIpc) is 2.72. The van der Waals surface area contributed by atoms with Gasteiger partial charge in [-0.1, -0.05) is 18.9 Å². The Labute approximate surface area is 115 Å². The number of fused-ring (bicyclic) bond motifs is 2. The molecule has 2 fully saturated rings. The summed E-state index contributed by atoms with van der Waals surface area (Å²) in [7, 11) is 1.44. The SMILES string of the molecule is COC(=O)C1=CC[C@]2(CC1)CC[C@@H]1CCCC[C@@]12O. The Morgan fingerprint density at radius 2 is 2.16 bits per heavy atom. The van der Waals surface area contributed by atoms with E-state index in [0.717, 1.165) is 50.5 Å². The Balaban J connectivity index is 1.82. The van der Waals surface area contributed by atoms with Crippen molar-refractivity contribution in [3.63, 3.8) is 0 Å². The fourth-order valence-electron chi connectivity index (χ4n) is 4.81. The van der Waals surface area contributed by atoms with Crippen molar-refractivity contribution >= 4 is 5.97 Å². The molecular weight excluding hydrogens is 240 g/mol. The average molecular weight is 264 g/mol. The normalized spacial score (nSPS) is 41.8. The van der Waals surface area contributed by atoms with E-state index in [2.05, 4.69) is 0 Å². The van der Waals surface area contributed by atoms with Crippen molar-refractivity contribution in [1.82, 2.24) is 0 Å². The monoisotopic (exact) mass is 264 g/mol. The Hall–Kier alpha value is -0.830. The van der Waals surface area contributed by atoms with Crippen LogP contribution in [0.2, 0.25) is 0 Å². The number of methoxy groups -OCH3 is 1. The van der Waals surface area contributed by atoms with Gasteiger partial charge in [0.1, 0.15) is 0 Å². The van der Waals surface area contributed by atoms with Crippen molar-refractivity contribution in [2.24, 2.45) is 11.3 Å². The zero-order valence-electron chi connectivity index (χ0n) is 11.8. The first-order valence-electron chi connectivity index (χ1n) is 7.61. The van der Waals surface area contributed by atoms with E-state index in [9.17, 15) is 9.90 Å². The predicted molar refractivity (Wildman–Crippen MR) is 72.5 cm³/mol. The lowest BCUT2D eigenvalue weighted by Gasteiger charge is -2.49. The van der Waals surface area contributed by atoms with Crippen LogP contribution in [0.4, 0.5) is 0 Å². The molecule has 2 saturated carbocycles. The van der Waals surface area contributed by atoms with Crippen LogP contribution in [-0.4, -0.2) is 23.8 Å². The molecule has 3 aliphatic rings. The molecule has 1 N–H and O–H groups in total. The van der Waals surface area contributed by atoms with E-state index in [1.807, 2.05) is 6.08 Å². The molecule has 0 bridgehead atoms. The first kappa shape index (κ1) is 13.2. The molecule has 3 aliphatic carbocycles. The summed E-state index contributed by atoms with van der Waals surface area (Å²) >= 11 is 0. The van der Waals surface area contributed by atoms with Crippen LogP contribution in [0.15, 0.2) is 11.6 Å². The third kappa shape index (κ3) is 1.85. The van der Waals surface area contributed by atoms with Gasteiger partial charge in [-0.2, -0.15) is 0 Å². The molecule has 0 radical (unpaired) electrons. The van der Waals surface area contributed by atoms with Gasteiger partial charge in [0.25, 0.3) is 0 Å². The summed E-state index contributed by atoms with van der Waals surface area (Å²) in [6.07, 6.45) is 11.5. The number of carbonyl (C=O) groups excluding carboxylic acids is 1. The highest BCUT2D eigenvalue weighted by atomic mass is 16.5. The number of ether oxygens (including phenoxy) is 1. The fourth-order valence-corrected chi connectivity index (χ4v) is 4.81. The second kappa shape index (κ2) is 4.62. The maximum absolute atomic E-state index is 11.6. The second-order valence-corrected chi connectivity index (χ2v) is 6.61. The van der Waals surface area contributed by atoms with Gasteiger partial charge in [-0.05, 0) is 50.9 Å². The number of aliphatic hydroxyl groups is 1. The van der Waals surface area contributed by atoms with Crippen molar-refractivity contribution in [2.75, 3.05) is 7.11 Å². The fraction of sp³-hybridized carbons (Fsp3) is 0.812. The molecule has 106 valence electrons. The van der Waals surface area contributed by atoms with Crippen molar-refractivity contribution < 1.29 is 14.6 Å². The summed E-state index contributed by atoms with van der Waals surface area (Å²) in [4.78, 5) is 11.6. The van der Waals surface area contributed by atoms with Gasteiger partial charge in [0.2, 0.25) is 0 Å². The van der Waals surface area contributed by atoms with Crippen molar-refractivity contribution in [3.8, 4) is 0 Å². The second-order valence-electron chi connectivity index (χ2n) is 6.61. The topological polar surface area (TPSA) is 46.5 Å². The number of hydrogen-bond acceptors (Lipinski definition) is 3. The summed E-state index contributed by atoms with van der Waals surface area (Å²) in [5, 5.41) is 11.2. The zero-order valence-corrected chi connectivity index (χ0v) is 11.8. The van der Waals surface area contributed by atoms with E-state index in [0.29, 0.717) is 5.92 Å². The quantitative estimate of drug-likeness (QED) is 0.741. The van der Waals surface area contributed by atoms with E-state index in [-0.39, 0.29) is 11.4 Å². The van der Waals surface area contributed by atoms with Crippen LogP contribution in [0.25, 0.3) is 0 Å². The summed E-state index contributed by atoms with van der Waals surface area (Å²) in [5.74, 6) is 0.300. The van der Waals surface area contributed by atoms with Crippen LogP contribution in [0.3, 0.4) is 0 Å². The van der Waals surface area contributed by atoms with Gasteiger partial charge >= 0.3 is 5.97 Å². The van der Waals surface area contributed by atoms with Crippen LogP contribution < -0.4 is 0 Å². The molecule has 0 saturated heterocycles. The molecule has 19 heavy (non-hydrogen) atoms. The Morgan fingerprint density at radius 1 is 1.32 bits per heavy atom. The molecule has 0 heterocycles. The minimum Gasteiger partial charge on any atom is -0.466 e. The van der Waals surface area contributed by atoms with Crippen LogP contribution in [0.5, 0.6) is 0 Å². The van der Waals surface area contributed by atoms with E-state index in [1.165, 1.54) is 20.0 Å². The predicted octanol–water partition coefficient (Wildman–Crippen LogP) is 2.97. The molecule has 0 unspecified atom stereocenters. The molecule has 3 nitrogen and oxygen atoms in total. The van der Waals surface area contributed by atoms with Gasteiger partial charge < -0.3 is 9.84 Å². The van der Waals surface area contributed by atoms with Gasteiger partial charge in [0, 0.05) is 11.0 Å². The summed E-state index contributed by atoms with van der Waals surface area (Å²) in [6, 6.07) is 0. The maximum Gasteiger partial charge on any atom is 0.333 e. The number of rotatable bonds is 1. The number of carbonyl (C=O) groups is 1. The van der Waals surface area contributed by atoms with Crippen LogP contribution >= 0.6 is 0 Å². The number of allylic oxidation sites excluding steroid dienone is 1. The minimum atomic E-state index is -0.469. The molecule has 3 rings (SSSR count). The summed E-state index contributed by atoms with van der Waals surface area (Å²) in [5.41, 5.74) is 0.370. The number of esters is 1. The molecule has 3 heteroatoms. The summed E-state index contributed by atoms with van der Waals surface area (Å²) < 4.78 is 4.80. The van der Waals surface area contributed by atoms with Gasteiger partial charge in [0.05, 0.1) is 12.7 Å². The lowest BCUT2D eigenvalue weighted by atomic mass is 9.60. The molecule has 3 atom stereocenters. The highest BCUT2D eigenvalue weighted by Crippen LogP contribution is 2.61. The van der Waals surface area contributed by atoms with Gasteiger partial charge in [-0.15, -0.1) is 0 Å². The largest absolute Gasteiger partial charge is 0.466 e. The van der Waals surface area contributed by atoms with E-state index >= 15 is 0 Å². The standard InChI is InChI=1S/C16H24O3/c1-19-14(17)12-5-9-15(10-6-12)11-7-13-4-2-3-8-16(13,15)18/h5,13,18H,2-4,6-11H2,1H3/t13-,15-,16+/m0/s1. The Bertz CT molecular complexity index is 414. The van der Waals surface area contributed by atoms with E-state index < -0.39 is 5.60 Å². The molecular formula is C16H24O3. The lowest BCUT2D eigenvalue weighted by molar-refractivity contribution is -0.138. The lowest BCUT2D eigenvalue weighted by Crippen LogP contribution is -2.50. The van der Waals surface area contributed by atoms with Gasteiger partial charge in [0.15, 0.2) is 0 Å². The minimum absolute atomic E-state index is 0.0373. The zero-order chi connectivity index (χ0) is 13.5. The molecule has 0 aromatic carbocycles.